The average Bonchev–Trinajstić information content (AvgIpc) is 3.44. The van der Waals surface area contributed by atoms with Crippen molar-refractivity contribution in [1.82, 2.24) is 4.90 Å². The zero-order valence-electron chi connectivity index (χ0n) is 14.5. The first kappa shape index (κ1) is 17.3. The Hall–Kier alpha value is -2.56. The highest BCUT2D eigenvalue weighted by molar-refractivity contribution is 5.79. The first-order valence-electron chi connectivity index (χ1n) is 8.35. The van der Waals surface area contributed by atoms with Crippen LogP contribution in [0.1, 0.15) is 24.0 Å². The van der Waals surface area contributed by atoms with Gasteiger partial charge in [-0.3, -0.25) is 4.79 Å². The minimum Gasteiger partial charge on any atom is -0.493 e. The average molecular weight is 343 g/mol. The molecule has 0 spiro atoms. The van der Waals surface area contributed by atoms with Crippen LogP contribution in [-0.4, -0.2) is 31.1 Å². The number of hydrogen-bond donors (Lipinski definition) is 0. The van der Waals surface area contributed by atoms with Crippen LogP contribution in [0, 0.1) is 5.82 Å². The molecule has 0 aliphatic heterocycles. The van der Waals surface area contributed by atoms with Gasteiger partial charge in [0.2, 0.25) is 5.91 Å². The van der Waals surface area contributed by atoms with E-state index in [1.165, 1.54) is 12.1 Å². The number of benzene rings is 2. The van der Waals surface area contributed by atoms with Crippen molar-refractivity contribution in [3.8, 4) is 11.5 Å². The fraction of sp³-hybridized carbons (Fsp3) is 0.350. The third kappa shape index (κ3) is 4.29. The fourth-order valence-electron chi connectivity index (χ4n) is 2.91. The summed E-state index contributed by atoms with van der Waals surface area (Å²) >= 11 is 0. The number of rotatable bonds is 7. The summed E-state index contributed by atoms with van der Waals surface area (Å²) in [5, 5.41) is 0. The van der Waals surface area contributed by atoms with E-state index in [0.717, 1.165) is 24.0 Å². The number of ether oxygens (including phenoxy) is 2. The van der Waals surface area contributed by atoms with Crippen LogP contribution in [0.5, 0.6) is 11.5 Å². The summed E-state index contributed by atoms with van der Waals surface area (Å²) in [6, 6.07) is 12.2. The van der Waals surface area contributed by atoms with Crippen molar-refractivity contribution in [1.29, 1.82) is 0 Å². The Labute approximate surface area is 147 Å². The number of carbonyl (C=O) groups excluding carboxylic acids is 1. The number of carbonyl (C=O) groups is 1. The molecule has 1 fully saturated rings. The number of nitrogens with zero attached hydrogens (tertiary/aromatic N) is 1. The quantitative estimate of drug-likeness (QED) is 0.771. The third-order valence-corrected chi connectivity index (χ3v) is 4.35. The summed E-state index contributed by atoms with van der Waals surface area (Å²) in [6.45, 7) is 0.439. The van der Waals surface area contributed by atoms with Crippen LogP contribution in [0.4, 0.5) is 4.39 Å². The Morgan fingerprint density at radius 1 is 1.08 bits per heavy atom. The third-order valence-electron chi connectivity index (χ3n) is 4.35. The van der Waals surface area contributed by atoms with Crippen molar-refractivity contribution < 1.29 is 18.7 Å². The van der Waals surface area contributed by atoms with Crippen molar-refractivity contribution in [2.45, 2.75) is 31.8 Å². The second-order valence-electron chi connectivity index (χ2n) is 6.25. The van der Waals surface area contributed by atoms with Crippen LogP contribution >= 0.6 is 0 Å². The highest BCUT2D eigenvalue weighted by Crippen LogP contribution is 2.31. The molecular weight excluding hydrogens is 321 g/mol. The molecule has 0 heterocycles. The first-order valence-corrected chi connectivity index (χ1v) is 8.35. The van der Waals surface area contributed by atoms with E-state index in [0.29, 0.717) is 18.0 Å². The molecule has 3 rings (SSSR count). The molecule has 132 valence electrons. The van der Waals surface area contributed by atoms with Gasteiger partial charge in [0.15, 0.2) is 11.5 Å². The topological polar surface area (TPSA) is 38.8 Å². The Kier molecular flexibility index (Phi) is 5.22. The summed E-state index contributed by atoms with van der Waals surface area (Å²) in [6.07, 6.45) is 2.30. The molecule has 25 heavy (non-hydrogen) atoms. The van der Waals surface area contributed by atoms with Gasteiger partial charge in [-0.05, 0) is 48.2 Å². The van der Waals surface area contributed by atoms with E-state index in [1.54, 1.807) is 26.4 Å². The molecule has 0 atom stereocenters. The summed E-state index contributed by atoms with van der Waals surface area (Å²) in [5.74, 6) is 1.01. The molecule has 1 aliphatic carbocycles. The van der Waals surface area contributed by atoms with Gasteiger partial charge in [0.1, 0.15) is 5.82 Å². The van der Waals surface area contributed by atoms with Crippen LogP contribution in [0.2, 0.25) is 0 Å². The van der Waals surface area contributed by atoms with E-state index in [9.17, 15) is 9.18 Å². The van der Waals surface area contributed by atoms with E-state index in [1.807, 2.05) is 23.1 Å². The molecular formula is C20H22FNO3. The van der Waals surface area contributed by atoms with E-state index in [2.05, 4.69) is 0 Å². The lowest BCUT2D eigenvalue weighted by Gasteiger charge is -2.23. The van der Waals surface area contributed by atoms with Crippen LogP contribution < -0.4 is 9.47 Å². The predicted octanol–water partition coefficient (Wildman–Crippen LogP) is 3.58. The molecule has 1 saturated carbocycles. The summed E-state index contributed by atoms with van der Waals surface area (Å²) in [4.78, 5) is 14.7. The predicted molar refractivity (Wildman–Crippen MR) is 93.2 cm³/mol. The maximum Gasteiger partial charge on any atom is 0.227 e. The smallest absolute Gasteiger partial charge is 0.227 e. The summed E-state index contributed by atoms with van der Waals surface area (Å²) in [7, 11) is 3.15. The van der Waals surface area contributed by atoms with Gasteiger partial charge < -0.3 is 14.4 Å². The minimum atomic E-state index is -0.277. The van der Waals surface area contributed by atoms with Crippen LogP contribution in [0.25, 0.3) is 0 Å². The normalized spacial score (nSPS) is 13.4. The Balaban J connectivity index is 1.73. The zero-order chi connectivity index (χ0) is 17.8. The number of amides is 1. The van der Waals surface area contributed by atoms with Crippen molar-refractivity contribution in [3.05, 3.63) is 59.4 Å². The maximum atomic E-state index is 13.4. The van der Waals surface area contributed by atoms with Gasteiger partial charge in [0.05, 0.1) is 20.6 Å². The van der Waals surface area contributed by atoms with Gasteiger partial charge in [-0.25, -0.2) is 4.39 Å². The second-order valence-corrected chi connectivity index (χ2v) is 6.25. The lowest BCUT2D eigenvalue weighted by Crippen LogP contribution is -2.33. The molecule has 1 amide bonds. The van der Waals surface area contributed by atoms with E-state index < -0.39 is 0 Å². The molecule has 5 heteroatoms. The van der Waals surface area contributed by atoms with Gasteiger partial charge in [-0.15, -0.1) is 0 Å². The number of hydrogen-bond acceptors (Lipinski definition) is 3. The Bertz CT molecular complexity index is 758. The molecule has 2 aromatic rings. The number of methoxy groups -OCH3 is 2. The highest BCUT2D eigenvalue weighted by atomic mass is 19.1. The zero-order valence-corrected chi connectivity index (χ0v) is 14.5. The molecule has 0 unspecified atom stereocenters. The summed E-state index contributed by atoms with van der Waals surface area (Å²) < 4.78 is 23.9. The fourth-order valence-corrected chi connectivity index (χ4v) is 2.91. The van der Waals surface area contributed by atoms with Gasteiger partial charge in [0, 0.05) is 12.6 Å². The van der Waals surface area contributed by atoms with Gasteiger partial charge in [-0.2, -0.15) is 0 Å². The molecule has 0 N–H and O–H groups in total. The molecule has 4 nitrogen and oxygen atoms in total. The monoisotopic (exact) mass is 343 g/mol. The molecule has 2 aromatic carbocycles. The van der Waals surface area contributed by atoms with Crippen LogP contribution in [0.3, 0.4) is 0 Å². The van der Waals surface area contributed by atoms with Gasteiger partial charge >= 0.3 is 0 Å². The molecule has 1 aliphatic rings. The lowest BCUT2D eigenvalue weighted by molar-refractivity contribution is -0.131. The maximum absolute atomic E-state index is 13.4. The van der Waals surface area contributed by atoms with Crippen molar-refractivity contribution in [3.63, 3.8) is 0 Å². The van der Waals surface area contributed by atoms with E-state index in [4.69, 9.17) is 9.47 Å². The van der Waals surface area contributed by atoms with Crippen LogP contribution in [0.15, 0.2) is 42.5 Å². The minimum absolute atomic E-state index is 0.0407. The lowest BCUT2D eigenvalue weighted by atomic mass is 10.1. The standard InChI is InChI=1S/C20H22FNO3/c1-24-18-9-6-14(11-19(18)25-2)12-20(23)22(17-7-8-17)13-15-4-3-5-16(21)10-15/h3-6,9-11,17H,7-8,12-13H2,1-2H3. The Morgan fingerprint density at radius 3 is 2.48 bits per heavy atom. The van der Waals surface area contributed by atoms with E-state index >= 15 is 0 Å². The van der Waals surface area contributed by atoms with Gasteiger partial charge in [-0.1, -0.05) is 18.2 Å². The molecule has 0 radical (unpaired) electrons. The van der Waals surface area contributed by atoms with Gasteiger partial charge in [0.25, 0.3) is 0 Å². The Morgan fingerprint density at radius 2 is 1.84 bits per heavy atom. The van der Waals surface area contributed by atoms with Crippen molar-refractivity contribution >= 4 is 5.91 Å². The van der Waals surface area contributed by atoms with Crippen LogP contribution in [-0.2, 0) is 17.8 Å². The highest BCUT2D eigenvalue weighted by Gasteiger charge is 2.32. The molecule has 0 saturated heterocycles. The van der Waals surface area contributed by atoms with E-state index in [-0.39, 0.29) is 24.2 Å². The summed E-state index contributed by atoms with van der Waals surface area (Å²) in [5.41, 5.74) is 1.68. The van der Waals surface area contributed by atoms with Crippen molar-refractivity contribution in [2.75, 3.05) is 14.2 Å². The first-order chi connectivity index (χ1) is 12.1. The molecule has 0 aromatic heterocycles. The van der Waals surface area contributed by atoms with Crippen molar-refractivity contribution in [2.24, 2.45) is 0 Å². The number of halogens is 1. The second kappa shape index (κ2) is 7.55. The largest absolute Gasteiger partial charge is 0.493 e. The SMILES string of the molecule is COc1ccc(CC(=O)N(Cc2cccc(F)c2)C2CC2)cc1OC. The molecule has 0 bridgehead atoms.